The van der Waals surface area contributed by atoms with E-state index in [-0.39, 0.29) is 29.9 Å². The predicted molar refractivity (Wildman–Crippen MR) is 81.3 cm³/mol. The summed E-state index contributed by atoms with van der Waals surface area (Å²) in [6.07, 6.45) is 0.537. The zero-order valence-corrected chi connectivity index (χ0v) is 11.9. The molecule has 0 fully saturated rings. The smallest absolute Gasteiger partial charge is 0.255 e. The van der Waals surface area contributed by atoms with Crippen LogP contribution >= 0.6 is 0 Å². The number of aliphatic hydroxyl groups excluding tert-OH is 1. The molecular weight excluding hydrogens is 266 g/mol. The zero-order valence-electron chi connectivity index (χ0n) is 11.9. The fraction of sp³-hybridized carbons (Fsp3) is 0.235. The molecule has 0 heterocycles. The van der Waals surface area contributed by atoms with E-state index in [0.717, 1.165) is 11.1 Å². The van der Waals surface area contributed by atoms with Crippen LogP contribution in [0, 0.1) is 6.92 Å². The van der Waals surface area contributed by atoms with Gasteiger partial charge in [0.05, 0.1) is 18.2 Å². The topological polar surface area (TPSA) is 69.6 Å². The summed E-state index contributed by atoms with van der Waals surface area (Å²) in [6, 6.07) is 14.1. The van der Waals surface area contributed by atoms with Crippen molar-refractivity contribution in [2.24, 2.45) is 0 Å². The van der Waals surface area contributed by atoms with Gasteiger partial charge < -0.3 is 15.5 Å². The third-order valence-corrected chi connectivity index (χ3v) is 3.28. The molecule has 1 amide bonds. The quantitative estimate of drug-likeness (QED) is 0.787. The van der Waals surface area contributed by atoms with Crippen LogP contribution in [0.4, 0.5) is 0 Å². The standard InChI is InChI=1S/C17H19NO3/c1-12-7-8-15(16(20)9-12)17(21)18-14(11-19)10-13-5-3-2-4-6-13/h2-9,14,19-20H,10-11H2,1H3,(H,18,21)/t14-/m1/s1. The lowest BCUT2D eigenvalue weighted by atomic mass is 10.1. The van der Waals surface area contributed by atoms with Gasteiger partial charge in [0.2, 0.25) is 0 Å². The molecule has 21 heavy (non-hydrogen) atoms. The lowest BCUT2D eigenvalue weighted by molar-refractivity contribution is 0.0914. The second-order valence-electron chi connectivity index (χ2n) is 5.06. The monoisotopic (exact) mass is 285 g/mol. The number of carbonyl (C=O) groups excluding carboxylic acids is 1. The van der Waals surface area contributed by atoms with E-state index in [1.807, 2.05) is 37.3 Å². The van der Waals surface area contributed by atoms with Gasteiger partial charge in [-0.1, -0.05) is 36.4 Å². The highest BCUT2D eigenvalue weighted by Gasteiger charge is 2.16. The van der Waals surface area contributed by atoms with Gasteiger partial charge in [0.25, 0.3) is 5.91 Å². The Balaban J connectivity index is 2.06. The average molecular weight is 285 g/mol. The van der Waals surface area contributed by atoms with Gasteiger partial charge in [0.1, 0.15) is 5.75 Å². The molecular formula is C17H19NO3. The number of rotatable bonds is 5. The Labute approximate surface area is 124 Å². The summed E-state index contributed by atoms with van der Waals surface area (Å²) < 4.78 is 0. The highest BCUT2D eigenvalue weighted by Crippen LogP contribution is 2.18. The summed E-state index contributed by atoms with van der Waals surface area (Å²) in [5.41, 5.74) is 2.13. The number of phenols is 1. The van der Waals surface area contributed by atoms with Crippen LogP contribution < -0.4 is 5.32 Å². The number of carbonyl (C=O) groups is 1. The first-order valence-corrected chi connectivity index (χ1v) is 6.85. The summed E-state index contributed by atoms with van der Waals surface area (Å²) in [4.78, 5) is 12.2. The number of nitrogens with one attached hydrogen (secondary N) is 1. The normalized spacial score (nSPS) is 11.9. The minimum Gasteiger partial charge on any atom is -0.507 e. The van der Waals surface area contributed by atoms with Crippen molar-refractivity contribution in [3.05, 3.63) is 65.2 Å². The molecule has 0 unspecified atom stereocenters. The Morgan fingerprint density at radius 3 is 2.52 bits per heavy atom. The third-order valence-electron chi connectivity index (χ3n) is 3.28. The molecule has 0 saturated carbocycles. The first kappa shape index (κ1) is 15.1. The first-order valence-electron chi connectivity index (χ1n) is 6.85. The van der Waals surface area contributed by atoms with E-state index in [9.17, 15) is 15.0 Å². The van der Waals surface area contributed by atoms with E-state index < -0.39 is 0 Å². The van der Waals surface area contributed by atoms with Gasteiger partial charge in [-0.05, 0) is 36.6 Å². The molecule has 4 heteroatoms. The predicted octanol–water partition coefficient (Wildman–Crippen LogP) is 2.03. The molecule has 0 aliphatic heterocycles. The fourth-order valence-corrected chi connectivity index (χ4v) is 2.16. The lowest BCUT2D eigenvalue weighted by Crippen LogP contribution is -2.39. The SMILES string of the molecule is Cc1ccc(C(=O)N[C@@H](CO)Cc2ccccc2)c(O)c1. The van der Waals surface area contributed by atoms with E-state index in [2.05, 4.69) is 5.32 Å². The fourth-order valence-electron chi connectivity index (χ4n) is 2.16. The van der Waals surface area contributed by atoms with Crippen molar-refractivity contribution >= 4 is 5.91 Å². The Morgan fingerprint density at radius 1 is 1.19 bits per heavy atom. The van der Waals surface area contributed by atoms with E-state index in [4.69, 9.17) is 0 Å². The molecule has 4 nitrogen and oxygen atoms in total. The number of phenolic OH excluding ortho intramolecular Hbond substituents is 1. The highest BCUT2D eigenvalue weighted by molar-refractivity contribution is 5.97. The lowest BCUT2D eigenvalue weighted by Gasteiger charge is -2.17. The second-order valence-corrected chi connectivity index (χ2v) is 5.06. The Kier molecular flexibility index (Phi) is 4.95. The van der Waals surface area contributed by atoms with Crippen LogP contribution in [0.3, 0.4) is 0 Å². The van der Waals surface area contributed by atoms with Crippen molar-refractivity contribution in [1.82, 2.24) is 5.32 Å². The molecule has 0 spiro atoms. The van der Waals surface area contributed by atoms with Crippen LogP contribution in [0.2, 0.25) is 0 Å². The summed E-state index contributed by atoms with van der Waals surface area (Å²) in [5, 5.41) is 22.0. The summed E-state index contributed by atoms with van der Waals surface area (Å²) in [7, 11) is 0. The van der Waals surface area contributed by atoms with Gasteiger partial charge in [-0.25, -0.2) is 0 Å². The van der Waals surface area contributed by atoms with Crippen LogP contribution in [-0.4, -0.2) is 28.8 Å². The molecule has 2 aromatic carbocycles. The molecule has 110 valence electrons. The second kappa shape index (κ2) is 6.90. The summed E-state index contributed by atoms with van der Waals surface area (Å²) in [6.45, 7) is 1.68. The van der Waals surface area contributed by atoms with Crippen molar-refractivity contribution in [2.75, 3.05) is 6.61 Å². The van der Waals surface area contributed by atoms with Crippen LogP contribution in [0.25, 0.3) is 0 Å². The van der Waals surface area contributed by atoms with Crippen molar-refractivity contribution in [3.63, 3.8) is 0 Å². The maximum atomic E-state index is 12.2. The number of amides is 1. The third kappa shape index (κ3) is 4.07. The van der Waals surface area contributed by atoms with Gasteiger partial charge in [-0.2, -0.15) is 0 Å². The Hall–Kier alpha value is -2.33. The average Bonchev–Trinajstić information content (AvgIpc) is 2.47. The molecule has 0 aliphatic carbocycles. The van der Waals surface area contributed by atoms with E-state index >= 15 is 0 Å². The van der Waals surface area contributed by atoms with Crippen molar-refractivity contribution in [1.29, 1.82) is 0 Å². The molecule has 2 aromatic rings. The van der Waals surface area contributed by atoms with Crippen molar-refractivity contribution in [3.8, 4) is 5.75 Å². The largest absolute Gasteiger partial charge is 0.507 e. The maximum absolute atomic E-state index is 12.2. The maximum Gasteiger partial charge on any atom is 0.255 e. The Bertz CT molecular complexity index is 611. The first-order chi connectivity index (χ1) is 10.1. The van der Waals surface area contributed by atoms with Crippen LogP contribution in [0.1, 0.15) is 21.5 Å². The van der Waals surface area contributed by atoms with Gasteiger partial charge >= 0.3 is 0 Å². The van der Waals surface area contributed by atoms with Crippen LogP contribution in [0.5, 0.6) is 5.75 Å². The van der Waals surface area contributed by atoms with Crippen LogP contribution in [0.15, 0.2) is 48.5 Å². The molecule has 0 radical (unpaired) electrons. The number of hydrogen-bond acceptors (Lipinski definition) is 3. The number of hydrogen-bond donors (Lipinski definition) is 3. The van der Waals surface area contributed by atoms with E-state index in [1.165, 1.54) is 0 Å². The molecule has 0 bridgehead atoms. The summed E-state index contributed by atoms with van der Waals surface area (Å²) >= 11 is 0. The number of aryl methyl sites for hydroxylation is 1. The molecule has 0 aliphatic rings. The number of aliphatic hydroxyl groups is 1. The molecule has 0 aromatic heterocycles. The molecule has 2 rings (SSSR count). The van der Waals surface area contributed by atoms with Crippen LogP contribution in [-0.2, 0) is 6.42 Å². The van der Waals surface area contributed by atoms with Gasteiger partial charge in [-0.15, -0.1) is 0 Å². The molecule has 0 saturated heterocycles. The van der Waals surface area contributed by atoms with E-state index in [1.54, 1.807) is 18.2 Å². The summed E-state index contributed by atoms with van der Waals surface area (Å²) in [5.74, 6) is -0.439. The minimum absolute atomic E-state index is 0.0519. The molecule has 1 atom stereocenters. The van der Waals surface area contributed by atoms with Gasteiger partial charge in [-0.3, -0.25) is 4.79 Å². The highest BCUT2D eigenvalue weighted by atomic mass is 16.3. The van der Waals surface area contributed by atoms with Crippen molar-refractivity contribution in [2.45, 2.75) is 19.4 Å². The zero-order chi connectivity index (χ0) is 15.2. The van der Waals surface area contributed by atoms with Crippen molar-refractivity contribution < 1.29 is 15.0 Å². The number of aromatic hydroxyl groups is 1. The number of benzene rings is 2. The van der Waals surface area contributed by atoms with Gasteiger partial charge in [0, 0.05) is 0 Å². The van der Waals surface area contributed by atoms with Gasteiger partial charge in [0.15, 0.2) is 0 Å². The Morgan fingerprint density at radius 2 is 1.90 bits per heavy atom. The van der Waals surface area contributed by atoms with E-state index in [0.29, 0.717) is 6.42 Å². The minimum atomic E-state index is -0.388. The molecule has 3 N–H and O–H groups in total.